The number of hydrogen-bond acceptors (Lipinski definition) is 12. The number of hydrogen-bond donors (Lipinski definition) is 5. The summed E-state index contributed by atoms with van der Waals surface area (Å²) in [4.78, 5) is 37.7. The van der Waals surface area contributed by atoms with Crippen molar-refractivity contribution in [2.75, 3.05) is 91.1 Å². The molecule has 0 saturated carbocycles. The number of aromatic carboxylic acids is 1. The number of carboxylic acid groups (broad SMARTS) is 1. The lowest BCUT2D eigenvalue weighted by Crippen LogP contribution is -2.46. The van der Waals surface area contributed by atoms with E-state index in [1.807, 2.05) is 99.6 Å². The zero-order valence-corrected chi connectivity index (χ0v) is 49.4. The number of piperazine rings is 1. The maximum absolute atomic E-state index is 14.7. The van der Waals surface area contributed by atoms with Gasteiger partial charge in [0, 0.05) is 107 Å². The summed E-state index contributed by atoms with van der Waals surface area (Å²) in [5, 5.41) is 24.1. The van der Waals surface area contributed by atoms with E-state index in [4.69, 9.17) is 25.9 Å². The molecule has 2 aliphatic rings. The molecule has 2 saturated heterocycles. The number of carbonyl (C=O) groups is 1. The van der Waals surface area contributed by atoms with E-state index in [1.165, 1.54) is 28.6 Å². The van der Waals surface area contributed by atoms with E-state index in [1.54, 1.807) is 24.3 Å². The molecule has 5 N–H and O–H groups in total. The first kappa shape index (κ1) is 61.8. The Morgan fingerprint density at radius 3 is 2.14 bits per heavy atom. The number of thioether (sulfide) groups is 1. The van der Waals surface area contributed by atoms with Crippen LogP contribution in [0.25, 0.3) is 22.4 Å². The summed E-state index contributed by atoms with van der Waals surface area (Å²) in [5.41, 5.74) is 0.199. The second-order valence-electron chi connectivity index (χ2n) is 20.5. The molecule has 1 unspecified atom stereocenters. The number of nitrogens with one attached hydrogen (secondary N) is 1. The van der Waals surface area contributed by atoms with Crippen molar-refractivity contribution in [3.05, 3.63) is 138 Å². The number of alkyl halides is 3. The van der Waals surface area contributed by atoms with Crippen molar-refractivity contribution >= 4 is 83.0 Å². The largest absolute Gasteiger partial charge is 0.501 e. The molecule has 0 radical (unpaired) electrons. The molecule has 0 bridgehead atoms. The predicted octanol–water partition coefficient (Wildman–Crippen LogP) is 11.5. The van der Waals surface area contributed by atoms with Crippen LogP contribution in [0.3, 0.4) is 0 Å². The minimum absolute atomic E-state index is 0.0353. The molecule has 5 aromatic carbocycles. The second-order valence-corrected chi connectivity index (χ2v) is 26.9. The molecule has 0 amide bonds. The van der Waals surface area contributed by atoms with Crippen LogP contribution >= 0.6 is 39.1 Å². The molecule has 2 fully saturated rings. The van der Waals surface area contributed by atoms with Gasteiger partial charge >= 0.3 is 19.3 Å². The molecule has 81 heavy (non-hydrogen) atoms. The lowest BCUT2D eigenvalue weighted by atomic mass is 9.96. The Kier molecular flexibility index (Phi) is 20.5. The van der Waals surface area contributed by atoms with Gasteiger partial charge in [-0.3, -0.25) is 9.09 Å². The number of anilines is 4. The van der Waals surface area contributed by atoms with Gasteiger partial charge in [-0.25, -0.2) is 17.8 Å². The summed E-state index contributed by atoms with van der Waals surface area (Å²) in [6.45, 7) is 9.77. The van der Waals surface area contributed by atoms with Crippen molar-refractivity contribution in [1.82, 2.24) is 9.47 Å². The van der Waals surface area contributed by atoms with E-state index in [9.17, 15) is 45.7 Å². The number of aromatic nitrogens is 1. The van der Waals surface area contributed by atoms with E-state index < -0.39 is 48.0 Å². The monoisotopic (exact) mass is 1210 g/mol. The zero-order chi connectivity index (χ0) is 58.2. The molecule has 436 valence electrons. The van der Waals surface area contributed by atoms with Gasteiger partial charge in [-0.05, 0) is 155 Å². The van der Waals surface area contributed by atoms with E-state index in [-0.39, 0.29) is 54.7 Å². The Bertz CT molecular complexity index is 3300. The Morgan fingerprint density at radius 2 is 1.53 bits per heavy atom. The molecule has 0 spiro atoms. The third-order valence-electron chi connectivity index (χ3n) is 14.7. The summed E-state index contributed by atoms with van der Waals surface area (Å²) >= 11 is 7.73. The molecular formula is C57H68ClF3N6O10P2S2. The van der Waals surface area contributed by atoms with Crippen LogP contribution in [0.5, 0.6) is 0 Å². The first-order valence-corrected chi connectivity index (χ1v) is 32.5. The van der Waals surface area contributed by atoms with Gasteiger partial charge in [0.05, 0.1) is 23.6 Å². The van der Waals surface area contributed by atoms with Crippen molar-refractivity contribution < 1.29 is 60.0 Å². The number of phosphoric acid groups is 1. The Labute approximate surface area is 480 Å². The van der Waals surface area contributed by atoms with Crippen LogP contribution in [0.4, 0.5) is 35.9 Å². The molecule has 16 nitrogen and oxygen atoms in total. The molecule has 8 rings (SSSR count). The van der Waals surface area contributed by atoms with Gasteiger partial charge in [-0.2, -0.15) is 13.2 Å². The number of nitrogens with zero attached hydrogens (tertiary/aromatic N) is 5. The van der Waals surface area contributed by atoms with Crippen molar-refractivity contribution in [3.63, 3.8) is 0 Å². The standard InChI is InChI=1S/C57H68ClF3N6O10P2S2/c1-39(2)67-40(3)53(56(69)70)54(55(67)42-13-15-44(58)16-14-42)43-9-7-10-48(35-43)65-32-30-64(31-33-65)46-17-19-47(20-18-46)66(26-8-34-68)78(71)49-21-22-51(52(36-49)81(75,76)57(59,60)61)62-45(38-80-50-11-5-4-6-12-50)25-29-63-27-23-41(24-28-63)37-77-79(72,73)74/h4-7,9-22,35-36,39,41,45,62,68,78H,8,23-34,37-38H2,1-3H3,(H,69,70)(H2,72,73,74)/t45-/m1/s1. The van der Waals surface area contributed by atoms with Crippen molar-refractivity contribution in [3.8, 4) is 22.4 Å². The summed E-state index contributed by atoms with van der Waals surface area (Å²) in [7, 11) is -13.8. The Morgan fingerprint density at radius 1 is 0.877 bits per heavy atom. The lowest BCUT2D eigenvalue weighted by Gasteiger charge is -2.37. The summed E-state index contributed by atoms with van der Waals surface area (Å²) < 4.78 is 105. The minimum Gasteiger partial charge on any atom is -0.478 e. The number of likely N-dealkylation sites (tertiary alicyclic amines) is 1. The van der Waals surface area contributed by atoms with Crippen LogP contribution in [-0.4, -0.2) is 127 Å². The summed E-state index contributed by atoms with van der Waals surface area (Å²) in [5.74, 6) is -0.722. The number of aliphatic hydroxyl groups is 1. The number of phosphoric ester groups is 1. The maximum atomic E-state index is 14.7. The fourth-order valence-electron chi connectivity index (χ4n) is 10.6. The number of rotatable bonds is 24. The molecular weight excluding hydrogens is 1150 g/mol. The fourth-order valence-corrected chi connectivity index (χ4v) is 14.7. The Hall–Kier alpha value is -5.31. The zero-order valence-electron chi connectivity index (χ0n) is 45.1. The third kappa shape index (κ3) is 15.3. The summed E-state index contributed by atoms with van der Waals surface area (Å²) in [6, 6.07) is 34.8. The van der Waals surface area contributed by atoms with Crippen LogP contribution < -0.4 is 25.1 Å². The van der Waals surface area contributed by atoms with Crippen molar-refractivity contribution in [2.24, 2.45) is 5.92 Å². The Balaban J connectivity index is 0.988. The molecule has 2 aliphatic heterocycles. The molecule has 3 heterocycles. The predicted molar refractivity (Wildman–Crippen MR) is 317 cm³/mol. The highest BCUT2D eigenvalue weighted by Gasteiger charge is 2.48. The second kappa shape index (κ2) is 26.9. The van der Waals surface area contributed by atoms with Crippen LogP contribution in [0.2, 0.25) is 5.02 Å². The first-order valence-electron chi connectivity index (χ1n) is 26.7. The topological polar surface area (TPSA) is 205 Å². The van der Waals surface area contributed by atoms with Gasteiger partial charge in [0.1, 0.15) is 4.90 Å². The quantitative estimate of drug-likeness (QED) is 0.0282. The number of aliphatic hydroxyl groups excluding tert-OH is 1. The minimum atomic E-state index is -5.98. The average molecular weight is 1220 g/mol. The third-order valence-corrected chi connectivity index (χ3v) is 20.0. The number of benzene rings is 5. The van der Waals surface area contributed by atoms with Gasteiger partial charge < -0.3 is 49.3 Å². The van der Waals surface area contributed by atoms with Gasteiger partial charge in [0.2, 0.25) is 0 Å². The van der Waals surface area contributed by atoms with Gasteiger partial charge in [0.15, 0.2) is 7.95 Å². The van der Waals surface area contributed by atoms with Gasteiger partial charge in [0.25, 0.3) is 9.84 Å². The molecule has 0 aliphatic carbocycles. The molecule has 24 heteroatoms. The van der Waals surface area contributed by atoms with E-state index >= 15 is 0 Å². The maximum Gasteiger partial charge on any atom is 0.501 e. The first-order chi connectivity index (χ1) is 38.5. The molecule has 2 atom stereocenters. The van der Waals surface area contributed by atoms with Gasteiger partial charge in [-0.15, -0.1) is 11.8 Å². The normalized spacial score (nSPS) is 15.7. The van der Waals surface area contributed by atoms with Crippen LogP contribution in [0, 0.1) is 12.8 Å². The fraction of sp³-hybridized carbons (Fsp3) is 0.386. The van der Waals surface area contributed by atoms with Gasteiger partial charge in [-0.1, -0.05) is 54.1 Å². The lowest BCUT2D eigenvalue weighted by molar-refractivity contribution is -0.0435. The van der Waals surface area contributed by atoms with Crippen LogP contribution in [0.1, 0.15) is 61.6 Å². The number of sulfone groups is 1. The number of halogens is 4. The smallest absolute Gasteiger partial charge is 0.478 e. The van der Waals surface area contributed by atoms with E-state index in [2.05, 4.69) is 24.6 Å². The SMILES string of the molecule is Cc1c(C(=O)O)c(-c2cccc(N3CCN(c4ccc(N(CCCO)[PH](=O)c5ccc(N[C@H](CCN6CCC(COP(=O)(O)O)CC6)CSc6ccccc6)c(S(=O)(=O)C(F)(F)F)c5)cc4)CC3)c2)c(-c2ccc(Cl)cc2)n1C(C)C. The molecule has 1 aromatic heterocycles. The van der Waals surface area contributed by atoms with Crippen LogP contribution in [-0.2, 0) is 23.5 Å². The van der Waals surface area contributed by atoms with E-state index in [0.717, 1.165) is 39.2 Å². The number of piperidine rings is 1. The van der Waals surface area contributed by atoms with Crippen LogP contribution in [0.15, 0.2) is 131 Å². The van der Waals surface area contributed by atoms with Crippen molar-refractivity contribution in [1.29, 1.82) is 0 Å². The summed E-state index contributed by atoms with van der Waals surface area (Å²) in [6.07, 6.45) is 1.80. The average Bonchev–Trinajstić information content (AvgIpc) is 3.31. The number of carboxylic acids is 1. The highest BCUT2D eigenvalue weighted by atomic mass is 35.5. The highest BCUT2D eigenvalue weighted by Crippen LogP contribution is 2.44. The molecule has 6 aromatic rings. The van der Waals surface area contributed by atoms with E-state index in [0.29, 0.717) is 92.8 Å². The van der Waals surface area contributed by atoms with Crippen molar-refractivity contribution in [2.45, 2.75) is 73.8 Å². The highest BCUT2D eigenvalue weighted by molar-refractivity contribution is 7.99.